The van der Waals surface area contributed by atoms with E-state index in [1.165, 1.54) is 0 Å². The summed E-state index contributed by atoms with van der Waals surface area (Å²) in [6, 6.07) is 6.68. The largest absolute Gasteiger partial charge is 0.479 e. The molecule has 0 saturated heterocycles. The van der Waals surface area contributed by atoms with Gasteiger partial charge >= 0.3 is 5.97 Å². The number of ether oxygens (including phenoxy) is 1. The van der Waals surface area contributed by atoms with E-state index in [4.69, 9.17) is 33.0 Å². The molecule has 15 heavy (non-hydrogen) atoms. The van der Waals surface area contributed by atoms with Crippen LogP contribution in [0.25, 0.3) is 0 Å². The lowest BCUT2D eigenvalue weighted by Gasteiger charge is -2.14. The van der Waals surface area contributed by atoms with Crippen molar-refractivity contribution in [2.45, 2.75) is 6.10 Å². The van der Waals surface area contributed by atoms with E-state index in [1.54, 1.807) is 24.3 Å². The van der Waals surface area contributed by atoms with Crippen LogP contribution in [0.15, 0.2) is 24.3 Å². The van der Waals surface area contributed by atoms with Crippen LogP contribution in [0, 0.1) is 0 Å². The molecule has 0 aliphatic rings. The monoisotopic (exact) mass is 248 g/mol. The minimum atomic E-state index is -1.08. The summed E-state index contributed by atoms with van der Waals surface area (Å²) >= 11 is 11.3. The van der Waals surface area contributed by atoms with E-state index in [0.29, 0.717) is 10.6 Å². The molecule has 1 atom stereocenters. The lowest BCUT2D eigenvalue weighted by Crippen LogP contribution is -2.16. The van der Waals surface area contributed by atoms with Crippen molar-refractivity contribution in [1.82, 2.24) is 0 Å². The highest BCUT2D eigenvalue weighted by atomic mass is 35.5. The minimum absolute atomic E-state index is 0.170. The summed E-state index contributed by atoms with van der Waals surface area (Å²) in [5, 5.41) is 9.33. The average Bonchev–Trinajstić information content (AvgIpc) is 2.20. The normalized spacial score (nSPS) is 12.4. The standard InChI is InChI=1S/C10H10Cl2O3/c11-5-6-15-9(10(13)14)7-3-1-2-4-8(7)12/h1-4,9H,5-6H2,(H,13,14). The van der Waals surface area contributed by atoms with E-state index < -0.39 is 12.1 Å². The van der Waals surface area contributed by atoms with E-state index in [-0.39, 0.29) is 12.5 Å². The van der Waals surface area contributed by atoms with Gasteiger partial charge in [-0.1, -0.05) is 29.8 Å². The van der Waals surface area contributed by atoms with Crippen molar-refractivity contribution in [2.24, 2.45) is 0 Å². The summed E-state index contributed by atoms with van der Waals surface area (Å²) in [6.45, 7) is 0.170. The van der Waals surface area contributed by atoms with Crippen molar-refractivity contribution in [2.75, 3.05) is 12.5 Å². The number of carboxylic acid groups (broad SMARTS) is 1. The number of carboxylic acids is 1. The summed E-state index contributed by atoms with van der Waals surface area (Å²) in [4.78, 5) is 10.9. The predicted molar refractivity (Wildman–Crippen MR) is 58.5 cm³/mol. The maximum Gasteiger partial charge on any atom is 0.337 e. The molecule has 0 spiro atoms. The maximum absolute atomic E-state index is 10.9. The topological polar surface area (TPSA) is 46.5 Å². The lowest BCUT2D eigenvalue weighted by atomic mass is 10.1. The van der Waals surface area contributed by atoms with Crippen molar-refractivity contribution in [3.05, 3.63) is 34.9 Å². The summed E-state index contributed by atoms with van der Waals surface area (Å²) in [5.41, 5.74) is 0.441. The highest BCUT2D eigenvalue weighted by molar-refractivity contribution is 6.31. The molecule has 0 aromatic heterocycles. The second-order valence-corrected chi connectivity index (χ2v) is 3.58. The zero-order chi connectivity index (χ0) is 11.3. The van der Waals surface area contributed by atoms with Gasteiger partial charge in [-0.25, -0.2) is 4.79 Å². The SMILES string of the molecule is O=C(O)C(OCCCl)c1ccccc1Cl. The molecule has 1 N–H and O–H groups in total. The summed E-state index contributed by atoms with van der Waals surface area (Å²) in [7, 11) is 0. The van der Waals surface area contributed by atoms with Crippen LogP contribution in [0.3, 0.4) is 0 Å². The van der Waals surface area contributed by atoms with Crippen LogP contribution in [-0.2, 0) is 9.53 Å². The molecule has 3 nitrogen and oxygen atoms in total. The van der Waals surface area contributed by atoms with Crippen LogP contribution in [0.5, 0.6) is 0 Å². The molecule has 82 valence electrons. The van der Waals surface area contributed by atoms with Gasteiger partial charge in [0.25, 0.3) is 0 Å². The van der Waals surface area contributed by atoms with Crippen molar-refractivity contribution in [3.63, 3.8) is 0 Å². The van der Waals surface area contributed by atoms with Gasteiger partial charge in [-0.2, -0.15) is 0 Å². The molecule has 1 rings (SSSR count). The summed E-state index contributed by atoms with van der Waals surface area (Å²) in [6.07, 6.45) is -1.06. The number of benzene rings is 1. The quantitative estimate of drug-likeness (QED) is 0.816. The van der Waals surface area contributed by atoms with Gasteiger partial charge in [-0.05, 0) is 6.07 Å². The molecule has 1 aromatic rings. The number of aliphatic carboxylic acids is 1. The third kappa shape index (κ3) is 3.38. The van der Waals surface area contributed by atoms with Gasteiger partial charge in [0.05, 0.1) is 6.61 Å². The van der Waals surface area contributed by atoms with Crippen LogP contribution in [0.4, 0.5) is 0 Å². The minimum Gasteiger partial charge on any atom is -0.479 e. The van der Waals surface area contributed by atoms with Crippen LogP contribution < -0.4 is 0 Å². The second-order valence-electron chi connectivity index (χ2n) is 2.80. The van der Waals surface area contributed by atoms with Gasteiger partial charge in [0.2, 0.25) is 0 Å². The maximum atomic E-state index is 10.9. The fraction of sp³-hybridized carbons (Fsp3) is 0.300. The van der Waals surface area contributed by atoms with E-state index in [2.05, 4.69) is 0 Å². The van der Waals surface area contributed by atoms with E-state index >= 15 is 0 Å². The Labute approximate surface area is 97.6 Å². The first-order valence-electron chi connectivity index (χ1n) is 4.31. The Bertz CT molecular complexity index is 341. The molecule has 0 saturated carbocycles. The predicted octanol–water partition coefficient (Wildman–Crippen LogP) is 2.72. The Hall–Kier alpha value is -0.770. The van der Waals surface area contributed by atoms with Crippen LogP contribution in [0.1, 0.15) is 11.7 Å². The third-order valence-corrected chi connectivity index (χ3v) is 2.27. The molecule has 0 amide bonds. The number of hydrogen-bond acceptors (Lipinski definition) is 2. The van der Waals surface area contributed by atoms with Gasteiger partial charge in [0, 0.05) is 16.5 Å². The molecule has 0 radical (unpaired) electrons. The van der Waals surface area contributed by atoms with Gasteiger partial charge in [0.1, 0.15) is 0 Å². The van der Waals surface area contributed by atoms with Crippen molar-refractivity contribution in [3.8, 4) is 0 Å². The van der Waals surface area contributed by atoms with Crippen molar-refractivity contribution >= 4 is 29.2 Å². The zero-order valence-corrected chi connectivity index (χ0v) is 9.33. The van der Waals surface area contributed by atoms with Gasteiger partial charge in [-0.3, -0.25) is 0 Å². The molecule has 0 aliphatic heterocycles. The van der Waals surface area contributed by atoms with Gasteiger partial charge in [0.15, 0.2) is 6.10 Å². The third-order valence-electron chi connectivity index (χ3n) is 1.77. The second kappa shape index (κ2) is 5.95. The Kier molecular flexibility index (Phi) is 4.88. The van der Waals surface area contributed by atoms with E-state index in [9.17, 15) is 4.79 Å². The molecule has 0 bridgehead atoms. The Morgan fingerprint density at radius 2 is 2.13 bits per heavy atom. The first-order valence-corrected chi connectivity index (χ1v) is 5.23. The van der Waals surface area contributed by atoms with Crippen LogP contribution in [-0.4, -0.2) is 23.6 Å². The molecule has 0 aliphatic carbocycles. The Balaban J connectivity index is 2.89. The Morgan fingerprint density at radius 3 is 2.67 bits per heavy atom. The van der Waals surface area contributed by atoms with E-state index in [1.807, 2.05) is 0 Å². The molecular weight excluding hydrogens is 239 g/mol. The number of halogens is 2. The lowest BCUT2D eigenvalue weighted by molar-refractivity contribution is -0.150. The average molecular weight is 249 g/mol. The molecule has 1 aromatic carbocycles. The van der Waals surface area contributed by atoms with Gasteiger partial charge in [-0.15, -0.1) is 11.6 Å². The first-order chi connectivity index (χ1) is 7.16. The highest BCUT2D eigenvalue weighted by Crippen LogP contribution is 2.25. The zero-order valence-electron chi connectivity index (χ0n) is 7.82. The fourth-order valence-corrected chi connectivity index (χ4v) is 1.47. The van der Waals surface area contributed by atoms with Crippen molar-refractivity contribution in [1.29, 1.82) is 0 Å². The van der Waals surface area contributed by atoms with Gasteiger partial charge < -0.3 is 9.84 Å². The number of alkyl halides is 1. The van der Waals surface area contributed by atoms with E-state index in [0.717, 1.165) is 0 Å². The molecule has 1 unspecified atom stereocenters. The van der Waals surface area contributed by atoms with Crippen molar-refractivity contribution < 1.29 is 14.6 Å². The molecule has 5 heteroatoms. The number of rotatable bonds is 5. The summed E-state index contributed by atoms with van der Waals surface area (Å²) in [5.74, 6) is -0.831. The smallest absolute Gasteiger partial charge is 0.337 e. The molecular formula is C10H10Cl2O3. The highest BCUT2D eigenvalue weighted by Gasteiger charge is 2.22. The Morgan fingerprint density at radius 1 is 1.47 bits per heavy atom. The first kappa shape index (κ1) is 12.3. The fourth-order valence-electron chi connectivity index (χ4n) is 1.14. The molecule has 0 heterocycles. The number of carbonyl (C=O) groups is 1. The molecule has 0 fully saturated rings. The summed E-state index contributed by atoms with van der Waals surface area (Å²) < 4.78 is 5.10. The van der Waals surface area contributed by atoms with Crippen LogP contribution >= 0.6 is 23.2 Å². The number of hydrogen-bond donors (Lipinski definition) is 1. The van der Waals surface area contributed by atoms with Crippen LogP contribution in [0.2, 0.25) is 5.02 Å².